The molecule has 90 valence electrons. The van der Waals surface area contributed by atoms with Gasteiger partial charge in [0.1, 0.15) is 5.69 Å². The second-order valence-corrected chi connectivity index (χ2v) is 4.60. The van der Waals surface area contributed by atoms with Crippen LogP contribution in [-0.2, 0) is 6.54 Å². The minimum Gasteiger partial charge on any atom is -0.327 e. The van der Waals surface area contributed by atoms with Gasteiger partial charge in [-0.1, -0.05) is 25.4 Å². The molecule has 2 N–H and O–H groups in total. The predicted molar refractivity (Wildman–Crippen MR) is 64.7 cm³/mol. The first-order valence-corrected chi connectivity index (χ1v) is 5.85. The van der Waals surface area contributed by atoms with Crippen LogP contribution in [0.25, 0.3) is 0 Å². The van der Waals surface area contributed by atoms with Gasteiger partial charge in [-0.05, 0) is 12.8 Å². The normalized spacial score (nSPS) is 13.1. The van der Waals surface area contributed by atoms with Crippen LogP contribution in [0.3, 0.4) is 0 Å². The van der Waals surface area contributed by atoms with E-state index in [1.165, 1.54) is 6.20 Å². The Morgan fingerprint density at radius 2 is 2.25 bits per heavy atom. The molecule has 1 atom stereocenters. The average Bonchev–Trinajstić information content (AvgIpc) is 2.59. The van der Waals surface area contributed by atoms with Crippen LogP contribution in [0.15, 0.2) is 6.20 Å². The number of hydrogen-bond acceptors (Lipinski definition) is 3. The summed E-state index contributed by atoms with van der Waals surface area (Å²) in [5, 5.41) is 4.44. The molecule has 1 aromatic heterocycles. The molecule has 0 radical (unpaired) electrons. The molecule has 0 amide bonds. The van der Waals surface area contributed by atoms with Crippen LogP contribution >= 0.6 is 11.6 Å². The fraction of sp³-hybridized carbons (Fsp3) is 0.636. The first kappa shape index (κ1) is 13.2. The molecule has 16 heavy (non-hydrogen) atoms. The number of aryl methyl sites for hydroxylation is 1. The van der Waals surface area contributed by atoms with Crippen LogP contribution < -0.4 is 5.73 Å². The molecule has 0 saturated heterocycles. The monoisotopic (exact) mass is 243 g/mol. The fourth-order valence-corrected chi connectivity index (χ4v) is 1.67. The Balaban J connectivity index is 2.84. The molecule has 0 aliphatic carbocycles. The molecular weight excluding hydrogens is 226 g/mol. The maximum Gasteiger partial charge on any atom is 0.183 e. The van der Waals surface area contributed by atoms with Crippen LogP contribution in [0.4, 0.5) is 0 Å². The third kappa shape index (κ3) is 2.83. The van der Waals surface area contributed by atoms with Gasteiger partial charge >= 0.3 is 0 Å². The number of nitrogens with zero attached hydrogens (tertiary/aromatic N) is 2. The maximum absolute atomic E-state index is 12.0. The lowest BCUT2D eigenvalue weighted by Crippen LogP contribution is -2.30. The highest BCUT2D eigenvalue weighted by atomic mass is 35.5. The number of nitrogens with two attached hydrogens (primary N) is 1. The van der Waals surface area contributed by atoms with E-state index in [1.54, 1.807) is 4.68 Å². The topological polar surface area (TPSA) is 60.9 Å². The first-order chi connectivity index (χ1) is 7.47. The van der Waals surface area contributed by atoms with E-state index in [-0.39, 0.29) is 17.7 Å². The van der Waals surface area contributed by atoms with Gasteiger partial charge in [0.2, 0.25) is 0 Å². The van der Waals surface area contributed by atoms with Gasteiger partial charge in [0.15, 0.2) is 5.78 Å². The molecule has 1 heterocycles. The Morgan fingerprint density at radius 3 is 2.75 bits per heavy atom. The first-order valence-electron chi connectivity index (χ1n) is 5.47. The third-order valence-electron chi connectivity index (χ3n) is 2.64. The smallest absolute Gasteiger partial charge is 0.183 e. The molecule has 0 aliphatic heterocycles. The van der Waals surface area contributed by atoms with Gasteiger partial charge in [-0.25, -0.2) is 0 Å². The molecule has 5 heteroatoms. The van der Waals surface area contributed by atoms with Crippen molar-refractivity contribution >= 4 is 17.4 Å². The summed E-state index contributed by atoms with van der Waals surface area (Å²) >= 11 is 5.94. The summed E-state index contributed by atoms with van der Waals surface area (Å²) < 4.78 is 1.61. The van der Waals surface area contributed by atoms with E-state index in [1.807, 2.05) is 20.8 Å². The van der Waals surface area contributed by atoms with Gasteiger partial charge in [-0.3, -0.25) is 9.48 Å². The van der Waals surface area contributed by atoms with Crippen LogP contribution in [-0.4, -0.2) is 21.6 Å². The summed E-state index contributed by atoms with van der Waals surface area (Å²) in [5.74, 6) is 0.242. The Labute approximate surface area is 101 Å². The molecule has 0 fully saturated rings. The van der Waals surface area contributed by atoms with Crippen LogP contribution in [0.5, 0.6) is 0 Å². The fourth-order valence-electron chi connectivity index (χ4n) is 1.43. The molecule has 0 saturated carbocycles. The minimum absolute atomic E-state index is 0.0365. The molecule has 1 unspecified atom stereocenters. The zero-order valence-corrected chi connectivity index (χ0v) is 10.7. The van der Waals surface area contributed by atoms with Crippen molar-refractivity contribution in [1.82, 2.24) is 9.78 Å². The van der Waals surface area contributed by atoms with Gasteiger partial charge in [-0.2, -0.15) is 5.10 Å². The van der Waals surface area contributed by atoms with E-state index < -0.39 is 0 Å². The molecule has 4 nitrogen and oxygen atoms in total. The minimum atomic E-state index is -0.135. The van der Waals surface area contributed by atoms with Crippen molar-refractivity contribution in [2.45, 2.75) is 39.8 Å². The number of aromatic nitrogens is 2. The number of Topliss-reactive ketones (excluding diaryl/α,β-unsaturated/α-hetero) is 1. The standard InChI is InChI=1S/C11H18ClN3O/c1-4-15-11(8(12)6-14-15)10(16)5-9(13)7(2)3/h6-7,9H,4-5,13H2,1-3H3. The number of halogens is 1. The van der Waals surface area contributed by atoms with E-state index in [0.29, 0.717) is 23.7 Å². The summed E-state index contributed by atoms with van der Waals surface area (Å²) in [7, 11) is 0. The molecule has 1 aromatic rings. The molecule has 0 aromatic carbocycles. The quantitative estimate of drug-likeness (QED) is 0.806. The van der Waals surface area contributed by atoms with E-state index in [4.69, 9.17) is 17.3 Å². The van der Waals surface area contributed by atoms with Gasteiger partial charge < -0.3 is 5.73 Å². The summed E-state index contributed by atoms with van der Waals surface area (Å²) in [5.41, 5.74) is 6.34. The highest BCUT2D eigenvalue weighted by molar-refractivity contribution is 6.33. The zero-order chi connectivity index (χ0) is 12.3. The van der Waals surface area contributed by atoms with Crippen molar-refractivity contribution < 1.29 is 4.79 Å². The third-order valence-corrected chi connectivity index (χ3v) is 2.91. The van der Waals surface area contributed by atoms with Crippen molar-refractivity contribution in [2.24, 2.45) is 11.7 Å². The van der Waals surface area contributed by atoms with Crippen molar-refractivity contribution in [3.8, 4) is 0 Å². The average molecular weight is 244 g/mol. The largest absolute Gasteiger partial charge is 0.327 e. The lowest BCUT2D eigenvalue weighted by atomic mass is 9.98. The number of ketones is 1. The number of carbonyl (C=O) groups excluding carboxylic acids is 1. The van der Waals surface area contributed by atoms with Crippen LogP contribution in [0.1, 0.15) is 37.7 Å². The summed E-state index contributed by atoms with van der Waals surface area (Å²) in [6.45, 7) is 6.54. The van der Waals surface area contributed by atoms with Crippen molar-refractivity contribution in [2.75, 3.05) is 0 Å². The predicted octanol–water partition coefficient (Wildman–Crippen LogP) is 2.11. The second-order valence-electron chi connectivity index (χ2n) is 4.19. The molecule has 0 spiro atoms. The highest BCUT2D eigenvalue weighted by Crippen LogP contribution is 2.18. The summed E-state index contributed by atoms with van der Waals surface area (Å²) in [6, 6.07) is -0.135. The summed E-state index contributed by atoms with van der Waals surface area (Å²) in [6.07, 6.45) is 1.81. The van der Waals surface area contributed by atoms with E-state index in [0.717, 1.165) is 0 Å². The van der Waals surface area contributed by atoms with Crippen LogP contribution in [0.2, 0.25) is 5.02 Å². The highest BCUT2D eigenvalue weighted by Gasteiger charge is 2.20. The Hall–Kier alpha value is -0.870. The number of hydrogen-bond donors (Lipinski definition) is 1. The Morgan fingerprint density at radius 1 is 1.62 bits per heavy atom. The van der Waals surface area contributed by atoms with E-state index in [9.17, 15) is 4.79 Å². The lowest BCUT2D eigenvalue weighted by molar-refractivity contribution is 0.0957. The SMILES string of the molecule is CCn1ncc(Cl)c1C(=O)CC(N)C(C)C. The Kier molecular flexibility index (Phi) is 4.50. The maximum atomic E-state index is 12.0. The molecule has 0 bridgehead atoms. The zero-order valence-electron chi connectivity index (χ0n) is 9.90. The van der Waals surface area contributed by atoms with E-state index >= 15 is 0 Å². The summed E-state index contributed by atoms with van der Waals surface area (Å²) in [4.78, 5) is 12.0. The van der Waals surface area contributed by atoms with Gasteiger partial charge in [0.25, 0.3) is 0 Å². The van der Waals surface area contributed by atoms with Gasteiger partial charge in [0.05, 0.1) is 11.2 Å². The molecular formula is C11H18ClN3O. The molecule has 0 aliphatic rings. The van der Waals surface area contributed by atoms with Gasteiger partial charge in [-0.15, -0.1) is 0 Å². The van der Waals surface area contributed by atoms with Crippen molar-refractivity contribution in [3.63, 3.8) is 0 Å². The second kappa shape index (κ2) is 5.46. The van der Waals surface area contributed by atoms with Crippen molar-refractivity contribution in [3.05, 3.63) is 16.9 Å². The lowest BCUT2D eigenvalue weighted by Gasteiger charge is -2.14. The van der Waals surface area contributed by atoms with Crippen molar-refractivity contribution in [1.29, 1.82) is 0 Å². The van der Waals surface area contributed by atoms with Gasteiger partial charge in [0, 0.05) is 19.0 Å². The van der Waals surface area contributed by atoms with E-state index in [2.05, 4.69) is 5.10 Å². The number of carbonyl (C=O) groups is 1. The molecule has 1 rings (SSSR count). The Bertz CT molecular complexity index is 373. The van der Waals surface area contributed by atoms with Crippen LogP contribution in [0, 0.1) is 5.92 Å². The number of rotatable bonds is 5.